The molecule has 0 radical (unpaired) electrons. The Hall–Kier alpha value is -3.15. The number of hydrogen-bond donors (Lipinski definition) is 0. The topological polar surface area (TPSA) is 78.9 Å². The minimum atomic E-state index is -0.275. The van der Waals surface area contributed by atoms with Crippen molar-refractivity contribution < 1.29 is 28.6 Å². The highest BCUT2D eigenvalue weighted by molar-refractivity contribution is 5.87. The normalized spacial score (nSPS) is 25.0. The van der Waals surface area contributed by atoms with Gasteiger partial charge in [0.15, 0.2) is 0 Å². The number of rotatable bonds is 18. The van der Waals surface area contributed by atoms with Crippen LogP contribution in [0.3, 0.4) is 0 Å². The van der Waals surface area contributed by atoms with E-state index in [1.807, 2.05) is 0 Å². The van der Waals surface area contributed by atoms with Gasteiger partial charge in [-0.2, -0.15) is 0 Å². The molecule has 0 N–H and O–H groups in total. The lowest BCUT2D eigenvalue weighted by Crippen LogP contribution is -2.21. The second kappa shape index (κ2) is 20.8. The van der Waals surface area contributed by atoms with E-state index < -0.39 is 0 Å². The molecule has 0 amide bonds. The van der Waals surface area contributed by atoms with Gasteiger partial charge in [-0.15, -0.1) is 0 Å². The van der Waals surface area contributed by atoms with Crippen LogP contribution < -0.4 is 0 Å². The monoisotopic (exact) mass is 702 g/mol. The smallest absolute Gasteiger partial charge is 0.333 e. The molecule has 0 aromatic heterocycles. The van der Waals surface area contributed by atoms with Crippen molar-refractivity contribution in [1.29, 1.82) is 0 Å². The Morgan fingerprint density at radius 3 is 1.16 bits per heavy atom. The van der Waals surface area contributed by atoms with Gasteiger partial charge in [-0.1, -0.05) is 76.5 Å². The van der Waals surface area contributed by atoms with E-state index in [0.29, 0.717) is 66.1 Å². The van der Waals surface area contributed by atoms with Gasteiger partial charge in [0.05, 0.1) is 19.8 Å². The van der Waals surface area contributed by atoms with Crippen LogP contribution in [0.4, 0.5) is 0 Å². The molecule has 0 heterocycles. The van der Waals surface area contributed by atoms with Crippen molar-refractivity contribution in [2.24, 2.45) is 35.5 Å². The van der Waals surface area contributed by atoms with Crippen LogP contribution in [0.15, 0.2) is 54.7 Å². The van der Waals surface area contributed by atoms with E-state index >= 15 is 0 Å². The maximum atomic E-state index is 11.8. The summed E-state index contributed by atoms with van der Waals surface area (Å²) in [6.45, 7) is 17.7. The van der Waals surface area contributed by atoms with Crippen LogP contribution in [0, 0.1) is 35.5 Å². The Morgan fingerprint density at radius 1 is 0.490 bits per heavy atom. The lowest BCUT2D eigenvalue weighted by atomic mass is 9.75. The number of carbonyl (C=O) groups excluding carboxylic acids is 3. The van der Waals surface area contributed by atoms with Gasteiger partial charge in [0.1, 0.15) is 0 Å². The summed E-state index contributed by atoms with van der Waals surface area (Å²) < 4.78 is 16.1. The molecule has 3 fully saturated rings. The summed E-state index contributed by atoms with van der Waals surface area (Å²) in [5, 5.41) is 0. The average Bonchev–Trinajstić information content (AvgIpc) is 3.11. The van der Waals surface area contributed by atoms with Gasteiger partial charge in [0.25, 0.3) is 0 Å². The van der Waals surface area contributed by atoms with Gasteiger partial charge in [-0.3, -0.25) is 0 Å². The SMILES string of the molecule is C=C(C)C(=O)OCCC1CCC(Cc2ccc(CC3CCC(CCOC(=O)C(=C)C)CC3)c(CC3CCC(CCOC(=O)C(=C)C)CC3)c2)CC1. The maximum absolute atomic E-state index is 11.8. The second-order valence-corrected chi connectivity index (χ2v) is 16.5. The van der Waals surface area contributed by atoms with Crippen molar-refractivity contribution in [2.45, 2.75) is 136 Å². The Balaban J connectivity index is 1.30. The Kier molecular flexibility index (Phi) is 16.5. The Morgan fingerprint density at radius 2 is 0.804 bits per heavy atom. The minimum Gasteiger partial charge on any atom is -0.462 e. The fraction of sp³-hybridized carbons (Fsp3) is 0.667. The first-order valence-electron chi connectivity index (χ1n) is 20.0. The first-order valence-corrected chi connectivity index (χ1v) is 20.0. The molecule has 0 saturated heterocycles. The standard InChI is InChI=1S/C45H66O6/c1-31(2)43(46)49-24-21-34-7-13-37(14-8-34)27-40-19-20-41(28-38-15-9-35(10-16-38)22-25-50-44(47)32(3)4)42(30-40)29-39-17-11-36(12-18-39)23-26-51-45(48)33(5)6/h19-20,30,34-39H,1,3,5,7-18,21-29H2,2,4,6H3. The summed E-state index contributed by atoms with van der Waals surface area (Å²) >= 11 is 0. The first kappa shape index (κ1) is 40.6. The summed E-state index contributed by atoms with van der Waals surface area (Å²) in [6.07, 6.45) is 21.1. The number of carbonyl (C=O) groups is 3. The summed E-state index contributed by atoms with van der Waals surface area (Å²) in [7, 11) is 0. The fourth-order valence-corrected chi connectivity index (χ4v) is 8.65. The molecule has 0 unspecified atom stereocenters. The molecule has 51 heavy (non-hydrogen) atoms. The number of hydrogen-bond acceptors (Lipinski definition) is 6. The average molecular weight is 703 g/mol. The molecule has 0 bridgehead atoms. The number of benzene rings is 1. The van der Waals surface area contributed by atoms with Gasteiger partial charge in [0.2, 0.25) is 0 Å². The lowest BCUT2D eigenvalue weighted by molar-refractivity contribution is -0.140. The summed E-state index contributed by atoms with van der Waals surface area (Å²) in [6, 6.07) is 7.47. The van der Waals surface area contributed by atoms with Crippen LogP contribution in [0.1, 0.15) is 134 Å². The zero-order valence-electron chi connectivity index (χ0n) is 32.1. The molecule has 0 atom stereocenters. The van der Waals surface area contributed by atoms with E-state index in [4.69, 9.17) is 14.2 Å². The Labute approximate surface area is 308 Å². The number of ether oxygens (including phenoxy) is 3. The van der Waals surface area contributed by atoms with Crippen LogP contribution in [0.25, 0.3) is 0 Å². The van der Waals surface area contributed by atoms with Crippen molar-refractivity contribution in [2.75, 3.05) is 19.8 Å². The van der Waals surface area contributed by atoms with E-state index in [0.717, 1.165) is 38.0 Å². The third-order valence-corrected chi connectivity index (χ3v) is 12.0. The zero-order chi connectivity index (χ0) is 36.8. The highest BCUT2D eigenvalue weighted by atomic mass is 16.5. The van der Waals surface area contributed by atoms with Crippen LogP contribution in [0.5, 0.6) is 0 Å². The fourth-order valence-electron chi connectivity index (χ4n) is 8.65. The third kappa shape index (κ3) is 14.1. The molecule has 6 nitrogen and oxygen atoms in total. The highest BCUT2D eigenvalue weighted by Gasteiger charge is 2.27. The molecule has 6 heteroatoms. The molecule has 3 saturated carbocycles. The van der Waals surface area contributed by atoms with Gasteiger partial charge in [-0.25, -0.2) is 14.4 Å². The Bertz CT molecular complexity index is 1330. The molecule has 282 valence electrons. The van der Waals surface area contributed by atoms with E-state index in [1.54, 1.807) is 31.9 Å². The van der Waals surface area contributed by atoms with Crippen LogP contribution in [0.2, 0.25) is 0 Å². The zero-order valence-corrected chi connectivity index (χ0v) is 32.1. The summed E-state index contributed by atoms with van der Waals surface area (Å²) in [5.41, 5.74) is 6.04. The third-order valence-electron chi connectivity index (χ3n) is 12.0. The molecule has 0 aliphatic heterocycles. The van der Waals surface area contributed by atoms with Crippen molar-refractivity contribution in [3.8, 4) is 0 Å². The predicted octanol–water partition coefficient (Wildman–Crippen LogP) is 10.3. The molecule has 4 rings (SSSR count). The van der Waals surface area contributed by atoms with E-state index in [9.17, 15) is 14.4 Å². The quantitative estimate of drug-likeness (QED) is 0.0861. The molecule has 0 spiro atoms. The second-order valence-electron chi connectivity index (χ2n) is 16.5. The van der Waals surface area contributed by atoms with Crippen LogP contribution in [-0.4, -0.2) is 37.7 Å². The molecular weight excluding hydrogens is 636 g/mol. The lowest BCUT2D eigenvalue weighted by Gasteiger charge is -2.31. The molecule has 1 aromatic rings. The van der Waals surface area contributed by atoms with E-state index in [2.05, 4.69) is 37.9 Å². The maximum Gasteiger partial charge on any atom is 0.333 e. The number of esters is 3. The molecule has 1 aromatic carbocycles. The van der Waals surface area contributed by atoms with Crippen LogP contribution in [-0.2, 0) is 47.9 Å². The predicted molar refractivity (Wildman–Crippen MR) is 205 cm³/mol. The first-order chi connectivity index (χ1) is 24.5. The summed E-state index contributed by atoms with van der Waals surface area (Å²) in [5.74, 6) is 3.24. The van der Waals surface area contributed by atoms with Crippen molar-refractivity contribution >= 4 is 17.9 Å². The minimum absolute atomic E-state index is 0.274. The van der Waals surface area contributed by atoms with E-state index in [1.165, 1.54) is 89.0 Å². The van der Waals surface area contributed by atoms with E-state index in [-0.39, 0.29) is 17.9 Å². The van der Waals surface area contributed by atoms with Gasteiger partial charge < -0.3 is 14.2 Å². The van der Waals surface area contributed by atoms with Gasteiger partial charge in [-0.05, 0) is 150 Å². The van der Waals surface area contributed by atoms with Crippen LogP contribution >= 0.6 is 0 Å². The van der Waals surface area contributed by atoms with Crippen molar-refractivity contribution in [1.82, 2.24) is 0 Å². The van der Waals surface area contributed by atoms with Gasteiger partial charge >= 0.3 is 17.9 Å². The van der Waals surface area contributed by atoms with Crippen molar-refractivity contribution in [3.63, 3.8) is 0 Å². The highest BCUT2D eigenvalue weighted by Crippen LogP contribution is 2.38. The molecule has 3 aliphatic carbocycles. The largest absolute Gasteiger partial charge is 0.462 e. The molecular formula is C45H66O6. The van der Waals surface area contributed by atoms with Crippen molar-refractivity contribution in [3.05, 3.63) is 71.3 Å². The summed E-state index contributed by atoms with van der Waals surface area (Å²) in [4.78, 5) is 35.3. The van der Waals surface area contributed by atoms with Gasteiger partial charge in [0, 0.05) is 16.7 Å². The molecule has 3 aliphatic rings.